The van der Waals surface area contributed by atoms with Crippen molar-refractivity contribution in [3.63, 3.8) is 0 Å². The Kier molecular flexibility index (Phi) is 3.74. The van der Waals surface area contributed by atoms with E-state index in [1.807, 2.05) is 6.07 Å². The Morgan fingerprint density at radius 1 is 1.46 bits per heavy atom. The third kappa shape index (κ3) is 3.45. The molecular formula is C11H16FN. The highest BCUT2D eigenvalue weighted by atomic mass is 19.1. The van der Waals surface area contributed by atoms with Gasteiger partial charge < -0.3 is 5.32 Å². The highest BCUT2D eigenvalue weighted by Gasteiger charge is 2.00. The Balaban J connectivity index is 2.53. The third-order valence-corrected chi connectivity index (χ3v) is 1.96. The molecule has 1 aromatic rings. The molecule has 0 aliphatic rings. The minimum atomic E-state index is -0.186. The predicted octanol–water partition coefficient (Wildman–Crippen LogP) is 3.43. The van der Waals surface area contributed by atoms with Crippen LogP contribution in [0.5, 0.6) is 0 Å². The van der Waals surface area contributed by atoms with Crippen LogP contribution in [0.2, 0.25) is 0 Å². The molecule has 0 bridgehead atoms. The first-order chi connectivity index (χ1) is 6.22. The monoisotopic (exact) mass is 181 g/mol. The van der Waals surface area contributed by atoms with Crippen molar-refractivity contribution < 1.29 is 4.39 Å². The zero-order valence-electron chi connectivity index (χ0n) is 8.18. The summed E-state index contributed by atoms with van der Waals surface area (Å²) in [4.78, 5) is 0. The van der Waals surface area contributed by atoms with Crippen molar-refractivity contribution in [3.05, 3.63) is 30.1 Å². The Morgan fingerprint density at radius 2 is 2.23 bits per heavy atom. The van der Waals surface area contributed by atoms with Gasteiger partial charge in [0.25, 0.3) is 0 Å². The van der Waals surface area contributed by atoms with Crippen LogP contribution in [0.15, 0.2) is 24.3 Å². The normalized spacial score (nSPS) is 12.5. The van der Waals surface area contributed by atoms with E-state index in [9.17, 15) is 4.39 Å². The fourth-order valence-electron chi connectivity index (χ4n) is 1.37. The minimum Gasteiger partial charge on any atom is -0.383 e. The topological polar surface area (TPSA) is 12.0 Å². The molecule has 1 aromatic carbocycles. The van der Waals surface area contributed by atoms with Crippen LogP contribution in [0.25, 0.3) is 0 Å². The number of benzene rings is 1. The van der Waals surface area contributed by atoms with Gasteiger partial charge in [-0.25, -0.2) is 4.39 Å². The van der Waals surface area contributed by atoms with Gasteiger partial charge in [0.15, 0.2) is 0 Å². The fraction of sp³-hybridized carbons (Fsp3) is 0.455. The molecule has 1 N–H and O–H groups in total. The van der Waals surface area contributed by atoms with Crippen molar-refractivity contribution in [2.24, 2.45) is 0 Å². The summed E-state index contributed by atoms with van der Waals surface area (Å²) in [5.41, 5.74) is 0.862. The molecule has 0 fully saturated rings. The molecule has 1 atom stereocenters. The van der Waals surface area contributed by atoms with Crippen LogP contribution >= 0.6 is 0 Å². The Hall–Kier alpha value is -1.05. The van der Waals surface area contributed by atoms with E-state index in [4.69, 9.17) is 0 Å². The van der Waals surface area contributed by atoms with E-state index in [0.29, 0.717) is 6.04 Å². The van der Waals surface area contributed by atoms with Gasteiger partial charge in [0.05, 0.1) is 0 Å². The van der Waals surface area contributed by atoms with Crippen molar-refractivity contribution >= 4 is 5.69 Å². The van der Waals surface area contributed by atoms with Crippen LogP contribution < -0.4 is 5.32 Å². The number of halogens is 1. The molecule has 72 valence electrons. The van der Waals surface area contributed by atoms with Gasteiger partial charge in [0, 0.05) is 11.7 Å². The van der Waals surface area contributed by atoms with Crippen LogP contribution in [0.4, 0.5) is 10.1 Å². The molecule has 2 heteroatoms. The summed E-state index contributed by atoms with van der Waals surface area (Å²) in [6.45, 7) is 4.25. The second kappa shape index (κ2) is 4.85. The summed E-state index contributed by atoms with van der Waals surface area (Å²) in [6.07, 6.45) is 2.25. The van der Waals surface area contributed by atoms with Crippen LogP contribution in [0, 0.1) is 5.82 Å². The molecule has 0 aromatic heterocycles. The van der Waals surface area contributed by atoms with Gasteiger partial charge >= 0.3 is 0 Å². The molecule has 13 heavy (non-hydrogen) atoms. The minimum absolute atomic E-state index is 0.186. The lowest BCUT2D eigenvalue weighted by Crippen LogP contribution is -2.14. The van der Waals surface area contributed by atoms with E-state index in [0.717, 1.165) is 18.5 Å². The summed E-state index contributed by atoms with van der Waals surface area (Å²) in [6, 6.07) is 6.99. The molecule has 0 unspecified atom stereocenters. The van der Waals surface area contributed by atoms with Crippen molar-refractivity contribution in [1.29, 1.82) is 0 Å². The zero-order chi connectivity index (χ0) is 9.68. The molecule has 1 nitrogen and oxygen atoms in total. The van der Waals surface area contributed by atoms with Gasteiger partial charge in [-0.2, -0.15) is 0 Å². The molecule has 0 amide bonds. The largest absolute Gasteiger partial charge is 0.383 e. The zero-order valence-corrected chi connectivity index (χ0v) is 8.18. The quantitative estimate of drug-likeness (QED) is 0.750. The summed E-state index contributed by atoms with van der Waals surface area (Å²) < 4.78 is 12.8. The molecule has 0 spiro atoms. The molecule has 0 aliphatic carbocycles. The second-order valence-electron chi connectivity index (χ2n) is 3.34. The summed E-state index contributed by atoms with van der Waals surface area (Å²) >= 11 is 0. The SMILES string of the molecule is CCC[C@H](C)Nc1cccc(F)c1. The standard InChI is InChI=1S/C11H16FN/c1-3-5-9(2)13-11-7-4-6-10(12)8-11/h4,6-9,13H,3,5H2,1-2H3/t9-/m0/s1. The average molecular weight is 181 g/mol. The lowest BCUT2D eigenvalue weighted by atomic mass is 10.2. The van der Waals surface area contributed by atoms with E-state index in [-0.39, 0.29) is 5.82 Å². The lowest BCUT2D eigenvalue weighted by Gasteiger charge is -2.13. The molecule has 0 aliphatic heterocycles. The van der Waals surface area contributed by atoms with Crippen LogP contribution in [0.1, 0.15) is 26.7 Å². The van der Waals surface area contributed by atoms with Gasteiger partial charge in [0.2, 0.25) is 0 Å². The van der Waals surface area contributed by atoms with E-state index in [2.05, 4.69) is 19.2 Å². The number of nitrogens with one attached hydrogen (secondary N) is 1. The van der Waals surface area contributed by atoms with Gasteiger partial charge in [-0.15, -0.1) is 0 Å². The molecule has 0 radical (unpaired) electrons. The fourth-order valence-corrected chi connectivity index (χ4v) is 1.37. The van der Waals surface area contributed by atoms with Gasteiger partial charge in [-0.1, -0.05) is 19.4 Å². The van der Waals surface area contributed by atoms with E-state index >= 15 is 0 Å². The lowest BCUT2D eigenvalue weighted by molar-refractivity contribution is 0.627. The smallest absolute Gasteiger partial charge is 0.125 e. The number of rotatable bonds is 4. The highest BCUT2D eigenvalue weighted by molar-refractivity contribution is 5.43. The Morgan fingerprint density at radius 3 is 2.85 bits per heavy atom. The van der Waals surface area contributed by atoms with Crippen LogP contribution in [-0.2, 0) is 0 Å². The highest BCUT2D eigenvalue weighted by Crippen LogP contribution is 2.11. The summed E-state index contributed by atoms with van der Waals surface area (Å²) in [5.74, 6) is -0.186. The number of hydrogen-bond acceptors (Lipinski definition) is 1. The maximum atomic E-state index is 12.8. The molecule has 0 heterocycles. The van der Waals surface area contributed by atoms with E-state index < -0.39 is 0 Å². The molecule has 1 rings (SSSR count). The van der Waals surface area contributed by atoms with E-state index in [1.54, 1.807) is 6.07 Å². The van der Waals surface area contributed by atoms with Crippen molar-refractivity contribution in [3.8, 4) is 0 Å². The molecule has 0 saturated carbocycles. The maximum absolute atomic E-state index is 12.8. The molecule has 0 saturated heterocycles. The van der Waals surface area contributed by atoms with E-state index in [1.165, 1.54) is 12.1 Å². The Labute approximate surface area is 79.0 Å². The first kappa shape index (κ1) is 10.0. The predicted molar refractivity (Wildman–Crippen MR) is 54.4 cm³/mol. The third-order valence-electron chi connectivity index (χ3n) is 1.96. The van der Waals surface area contributed by atoms with Crippen LogP contribution in [-0.4, -0.2) is 6.04 Å². The first-order valence-electron chi connectivity index (χ1n) is 4.74. The number of anilines is 1. The second-order valence-corrected chi connectivity index (χ2v) is 3.34. The average Bonchev–Trinajstić information content (AvgIpc) is 2.04. The number of hydrogen-bond donors (Lipinski definition) is 1. The Bertz CT molecular complexity index is 260. The van der Waals surface area contributed by atoms with Crippen molar-refractivity contribution in [2.45, 2.75) is 32.7 Å². The molecular weight excluding hydrogens is 165 g/mol. The van der Waals surface area contributed by atoms with Gasteiger partial charge in [0.1, 0.15) is 5.82 Å². The first-order valence-corrected chi connectivity index (χ1v) is 4.74. The maximum Gasteiger partial charge on any atom is 0.125 e. The van der Waals surface area contributed by atoms with Crippen LogP contribution in [0.3, 0.4) is 0 Å². The van der Waals surface area contributed by atoms with Crippen molar-refractivity contribution in [2.75, 3.05) is 5.32 Å². The van der Waals surface area contributed by atoms with Crippen molar-refractivity contribution in [1.82, 2.24) is 0 Å². The summed E-state index contributed by atoms with van der Waals surface area (Å²) in [7, 11) is 0. The van der Waals surface area contributed by atoms with Gasteiger partial charge in [-0.05, 0) is 31.5 Å². The van der Waals surface area contributed by atoms with Gasteiger partial charge in [-0.3, -0.25) is 0 Å². The summed E-state index contributed by atoms with van der Waals surface area (Å²) in [5, 5.41) is 3.24.